The van der Waals surface area contributed by atoms with Gasteiger partial charge in [0, 0.05) is 35.2 Å². The van der Waals surface area contributed by atoms with Gasteiger partial charge in [-0.15, -0.1) is 11.8 Å². The summed E-state index contributed by atoms with van der Waals surface area (Å²) in [5.74, 6) is 0.838. The maximum Gasteiger partial charge on any atom is 0.242 e. The van der Waals surface area contributed by atoms with E-state index in [1.54, 1.807) is 16.7 Å². The van der Waals surface area contributed by atoms with E-state index in [9.17, 15) is 9.59 Å². The summed E-state index contributed by atoms with van der Waals surface area (Å²) in [6, 6.07) is 7.36. The van der Waals surface area contributed by atoms with E-state index in [-0.39, 0.29) is 17.9 Å². The van der Waals surface area contributed by atoms with E-state index in [0.29, 0.717) is 19.5 Å². The molecule has 6 heteroatoms. The van der Waals surface area contributed by atoms with Crippen molar-refractivity contribution in [3.8, 4) is 0 Å². The van der Waals surface area contributed by atoms with E-state index in [1.165, 1.54) is 0 Å². The third-order valence-corrected chi connectivity index (χ3v) is 5.18. The minimum absolute atomic E-state index is 0.0248. The number of amides is 2. The average molecular weight is 355 g/mol. The number of thioether (sulfide) groups is 1. The lowest BCUT2D eigenvalue weighted by Crippen LogP contribution is -2.52. The molecule has 1 aliphatic heterocycles. The average Bonchev–Trinajstić information content (AvgIpc) is 2.59. The highest BCUT2D eigenvalue weighted by Crippen LogP contribution is 2.20. The van der Waals surface area contributed by atoms with Crippen molar-refractivity contribution in [3.63, 3.8) is 0 Å². The number of carbonyl (C=O) groups excluding carboxylic acids is 2. The van der Waals surface area contributed by atoms with Crippen LogP contribution in [0.2, 0.25) is 5.02 Å². The number of rotatable bonds is 6. The van der Waals surface area contributed by atoms with E-state index < -0.39 is 0 Å². The fraction of sp³-hybridized carbons (Fsp3) is 0.529. The van der Waals surface area contributed by atoms with Gasteiger partial charge in [-0.3, -0.25) is 9.59 Å². The lowest BCUT2D eigenvalue weighted by atomic mass is 10.0. The van der Waals surface area contributed by atoms with Gasteiger partial charge < -0.3 is 10.2 Å². The lowest BCUT2D eigenvalue weighted by Gasteiger charge is -2.34. The Morgan fingerprint density at radius 3 is 2.74 bits per heavy atom. The van der Waals surface area contributed by atoms with Crippen molar-refractivity contribution in [1.29, 1.82) is 0 Å². The fourth-order valence-corrected chi connectivity index (χ4v) is 3.59. The monoisotopic (exact) mass is 354 g/mol. The van der Waals surface area contributed by atoms with Crippen LogP contribution in [0.5, 0.6) is 0 Å². The molecule has 0 aliphatic carbocycles. The number of nitrogens with one attached hydrogen (secondary N) is 1. The highest BCUT2D eigenvalue weighted by molar-refractivity contribution is 7.99. The predicted molar refractivity (Wildman–Crippen MR) is 94.8 cm³/mol. The first-order chi connectivity index (χ1) is 11.1. The molecule has 4 nitrogen and oxygen atoms in total. The number of likely N-dealkylation sites (tertiary alicyclic amines) is 1. The van der Waals surface area contributed by atoms with Crippen molar-refractivity contribution in [2.45, 2.75) is 43.5 Å². The van der Waals surface area contributed by atoms with Gasteiger partial charge >= 0.3 is 0 Å². The summed E-state index contributed by atoms with van der Waals surface area (Å²) in [5.41, 5.74) is 0. The zero-order valence-corrected chi connectivity index (χ0v) is 15.0. The SMILES string of the molecule is CCC(=O)N1CCCCC1C(=O)NCCSc1ccc(Cl)cc1. The number of benzene rings is 1. The van der Waals surface area contributed by atoms with Gasteiger partial charge in [-0.2, -0.15) is 0 Å². The molecule has 1 aliphatic rings. The molecule has 1 atom stereocenters. The molecule has 2 amide bonds. The molecule has 1 aromatic rings. The molecular weight excluding hydrogens is 332 g/mol. The van der Waals surface area contributed by atoms with E-state index in [2.05, 4.69) is 5.32 Å². The van der Waals surface area contributed by atoms with Crippen LogP contribution in [0.15, 0.2) is 29.2 Å². The second kappa shape index (κ2) is 9.18. The minimum atomic E-state index is -0.295. The number of carbonyl (C=O) groups is 2. The number of hydrogen-bond acceptors (Lipinski definition) is 3. The summed E-state index contributed by atoms with van der Waals surface area (Å²) in [5, 5.41) is 3.69. The van der Waals surface area contributed by atoms with Gasteiger partial charge in [0.25, 0.3) is 0 Å². The standard InChI is InChI=1S/C17H23ClN2O2S/c1-2-16(21)20-11-4-3-5-15(20)17(22)19-10-12-23-14-8-6-13(18)7-9-14/h6-9,15H,2-5,10-12H2,1H3,(H,19,22). The highest BCUT2D eigenvalue weighted by atomic mass is 35.5. The normalized spacial score (nSPS) is 17.8. The molecule has 1 aromatic carbocycles. The van der Waals surface area contributed by atoms with Crippen LogP contribution < -0.4 is 5.32 Å². The first kappa shape index (κ1) is 18.1. The predicted octanol–water partition coefficient (Wildman–Crippen LogP) is 3.34. The van der Waals surface area contributed by atoms with Gasteiger partial charge in [-0.1, -0.05) is 18.5 Å². The van der Waals surface area contributed by atoms with Crippen LogP contribution in [0.25, 0.3) is 0 Å². The number of nitrogens with zero attached hydrogens (tertiary/aromatic N) is 1. The van der Waals surface area contributed by atoms with Crippen LogP contribution in [0.4, 0.5) is 0 Å². The van der Waals surface area contributed by atoms with Gasteiger partial charge in [0.2, 0.25) is 11.8 Å². The topological polar surface area (TPSA) is 49.4 Å². The number of halogens is 1. The molecule has 126 valence electrons. The Bertz CT molecular complexity index is 536. The lowest BCUT2D eigenvalue weighted by molar-refractivity contribution is -0.142. The number of hydrogen-bond donors (Lipinski definition) is 1. The second-order valence-electron chi connectivity index (χ2n) is 5.55. The Balaban J connectivity index is 1.76. The van der Waals surface area contributed by atoms with Crippen molar-refractivity contribution in [2.24, 2.45) is 0 Å². The van der Waals surface area contributed by atoms with Crippen molar-refractivity contribution >= 4 is 35.2 Å². The molecule has 0 aromatic heterocycles. The van der Waals surface area contributed by atoms with Crippen molar-refractivity contribution in [3.05, 3.63) is 29.3 Å². The van der Waals surface area contributed by atoms with Crippen LogP contribution >= 0.6 is 23.4 Å². The largest absolute Gasteiger partial charge is 0.353 e. The summed E-state index contributed by atoms with van der Waals surface area (Å²) < 4.78 is 0. The first-order valence-electron chi connectivity index (χ1n) is 8.07. The smallest absolute Gasteiger partial charge is 0.242 e. The maximum absolute atomic E-state index is 12.4. The Labute approximate surface area is 146 Å². The fourth-order valence-electron chi connectivity index (χ4n) is 2.70. The second-order valence-corrected chi connectivity index (χ2v) is 7.15. The number of piperidine rings is 1. The van der Waals surface area contributed by atoms with Crippen LogP contribution in [-0.4, -0.2) is 41.6 Å². The van der Waals surface area contributed by atoms with Gasteiger partial charge in [0.05, 0.1) is 0 Å². The molecule has 1 N–H and O–H groups in total. The third-order valence-electron chi connectivity index (χ3n) is 3.91. The van der Waals surface area contributed by atoms with Crippen LogP contribution in [0.1, 0.15) is 32.6 Å². The van der Waals surface area contributed by atoms with Gasteiger partial charge in [0.15, 0.2) is 0 Å². The van der Waals surface area contributed by atoms with E-state index in [4.69, 9.17) is 11.6 Å². The van der Waals surface area contributed by atoms with Crippen molar-refractivity contribution in [2.75, 3.05) is 18.8 Å². The highest BCUT2D eigenvalue weighted by Gasteiger charge is 2.30. The Kier molecular flexibility index (Phi) is 7.24. The van der Waals surface area contributed by atoms with E-state index in [0.717, 1.165) is 34.9 Å². The Hall–Kier alpha value is -1.20. The summed E-state index contributed by atoms with van der Waals surface area (Å²) >= 11 is 7.53. The molecule has 2 rings (SSSR count). The van der Waals surface area contributed by atoms with Crippen LogP contribution in [0.3, 0.4) is 0 Å². The summed E-state index contributed by atoms with van der Waals surface area (Å²) in [4.78, 5) is 27.2. The zero-order valence-electron chi connectivity index (χ0n) is 13.4. The molecule has 1 fully saturated rings. The summed E-state index contributed by atoms with van der Waals surface area (Å²) in [6.07, 6.45) is 3.21. The molecule has 1 heterocycles. The summed E-state index contributed by atoms with van der Waals surface area (Å²) in [6.45, 7) is 3.13. The molecule has 0 spiro atoms. The van der Waals surface area contributed by atoms with Crippen LogP contribution in [0, 0.1) is 0 Å². The van der Waals surface area contributed by atoms with Gasteiger partial charge in [0.1, 0.15) is 6.04 Å². The van der Waals surface area contributed by atoms with Crippen molar-refractivity contribution in [1.82, 2.24) is 10.2 Å². The molecule has 1 unspecified atom stereocenters. The van der Waals surface area contributed by atoms with Gasteiger partial charge in [-0.25, -0.2) is 0 Å². The van der Waals surface area contributed by atoms with Crippen LogP contribution in [-0.2, 0) is 9.59 Å². The zero-order chi connectivity index (χ0) is 16.7. The molecular formula is C17H23ClN2O2S. The maximum atomic E-state index is 12.4. The minimum Gasteiger partial charge on any atom is -0.353 e. The Morgan fingerprint density at radius 2 is 2.04 bits per heavy atom. The molecule has 23 heavy (non-hydrogen) atoms. The Morgan fingerprint density at radius 1 is 1.30 bits per heavy atom. The van der Waals surface area contributed by atoms with Crippen molar-refractivity contribution < 1.29 is 9.59 Å². The van der Waals surface area contributed by atoms with E-state index >= 15 is 0 Å². The quantitative estimate of drug-likeness (QED) is 0.629. The molecule has 0 bridgehead atoms. The van der Waals surface area contributed by atoms with E-state index in [1.807, 2.05) is 31.2 Å². The molecule has 0 radical (unpaired) electrons. The first-order valence-corrected chi connectivity index (χ1v) is 9.43. The van der Waals surface area contributed by atoms with Gasteiger partial charge in [-0.05, 0) is 43.5 Å². The molecule has 1 saturated heterocycles. The third kappa shape index (κ3) is 5.43. The summed E-state index contributed by atoms with van der Waals surface area (Å²) in [7, 11) is 0. The molecule has 0 saturated carbocycles.